The van der Waals surface area contributed by atoms with E-state index in [1.165, 1.54) is 0 Å². The molecule has 1 unspecified atom stereocenters. The molecule has 0 spiro atoms. The summed E-state index contributed by atoms with van der Waals surface area (Å²) < 4.78 is 12.7. The van der Waals surface area contributed by atoms with E-state index in [1.54, 1.807) is 12.1 Å². The maximum Gasteiger partial charge on any atom is 0.142 e. The quantitative estimate of drug-likeness (QED) is 0.740. The molecule has 1 aliphatic heterocycles. The van der Waals surface area contributed by atoms with Gasteiger partial charge in [-0.25, -0.2) is 9.37 Å². The van der Waals surface area contributed by atoms with Crippen LogP contribution in [0.1, 0.15) is 18.5 Å². The van der Waals surface area contributed by atoms with E-state index in [1.807, 2.05) is 17.0 Å². The average molecular weight is 205 g/mol. The predicted octanol–water partition coefficient (Wildman–Crippen LogP) is 1.89. The Morgan fingerprint density at radius 2 is 2.47 bits per heavy atom. The minimum absolute atomic E-state index is 0.0635. The minimum Gasteiger partial charge on any atom is -0.351 e. The van der Waals surface area contributed by atoms with Gasteiger partial charge in [0, 0.05) is 6.54 Å². The van der Waals surface area contributed by atoms with Gasteiger partial charge in [0.05, 0.1) is 6.04 Å². The molecule has 0 bridgehead atoms. The van der Waals surface area contributed by atoms with Crippen molar-refractivity contribution in [2.45, 2.75) is 18.9 Å². The molecule has 0 radical (unpaired) electrons. The zero-order chi connectivity index (χ0) is 10.7. The van der Waals surface area contributed by atoms with Crippen molar-refractivity contribution in [2.24, 2.45) is 0 Å². The van der Waals surface area contributed by atoms with Crippen LogP contribution in [-0.2, 0) is 0 Å². The summed E-state index contributed by atoms with van der Waals surface area (Å²) >= 11 is 0. The lowest BCUT2D eigenvalue weighted by molar-refractivity contribution is 0.427. The summed E-state index contributed by atoms with van der Waals surface area (Å²) in [4.78, 5) is 6.11. The van der Waals surface area contributed by atoms with Gasteiger partial charge in [0.15, 0.2) is 0 Å². The molecule has 0 aliphatic carbocycles. The van der Waals surface area contributed by atoms with Gasteiger partial charge >= 0.3 is 0 Å². The lowest BCUT2D eigenvalue weighted by Gasteiger charge is -2.23. The topological polar surface area (TPSA) is 39.9 Å². The number of halogens is 1. The fraction of sp³-hybridized carbons (Fsp3) is 0.455. The van der Waals surface area contributed by atoms with Crippen LogP contribution in [0.2, 0.25) is 0 Å². The third-order valence-electron chi connectivity index (χ3n) is 2.70. The van der Waals surface area contributed by atoms with Gasteiger partial charge in [-0.15, -0.1) is 0 Å². The first-order valence-corrected chi connectivity index (χ1v) is 5.05. The summed E-state index contributed by atoms with van der Waals surface area (Å²) in [5, 5.41) is 8.72. The van der Waals surface area contributed by atoms with E-state index < -0.39 is 0 Å². The number of anilines is 1. The van der Waals surface area contributed by atoms with E-state index in [0.717, 1.165) is 19.4 Å². The molecule has 0 amide bonds. The summed E-state index contributed by atoms with van der Waals surface area (Å²) in [5.41, 5.74) is 0.386. The van der Waals surface area contributed by atoms with E-state index in [9.17, 15) is 4.39 Å². The second kappa shape index (κ2) is 4.26. The highest BCUT2D eigenvalue weighted by molar-refractivity contribution is 5.43. The number of nitrogens with zero attached hydrogens (tertiary/aromatic N) is 3. The fourth-order valence-corrected chi connectivity index (χ4v) is 1.94. The zero-order valence-corrected chi connectivity index (χ0v) is 8.36. The SMILES string of the molecule is N#Cc1cccc(N2CCCC2CF)n1. The standard InChI is InChI=1S/C11H12FN3/c12-7-10-4-2-6-15(10)11-5-1-3-9(8-13)14-11/h1,3,5,10H,2,4,6-7H2. The molecule has 2 rings (SSSR count). The van der Waals surface area contributed by atoms with Crippen LogP contribution in [0, 0.1) is 11.3 Å². The van der Waals surface area contributed by atoms with E-state index in [4.69, 9.17) is 5.26 Å². The van der Waals surface area contributed by atoms with Crippen LogP contribution in [0.5, 0.6) is 0 Å². The van der Waals surface area contributed by atoms with Crippen LogP contribution in [0.15, 0.2) is 18.2 Å². The third kappa shape index (κ3) is 1.91. The Bertz CT molecular complexity index is 386. The van der Waals surface area contributed by atoms with E-state index in [2.05, 4.69) is 4.98 Å². The smallest absolute Gasteiger partial charge is 0.142 e. The van der Waals surface area contributed by atoms with Gasteiger partial charge in [-0.05, 0) is 25.0 Å². The number of hydrogen-bond acceptors (Lipinski definition) is 3. The first-order valence-electron chi connectivity index (χ1n) is 5.05. The van der Waals surface area contributed by atoms with Crippen LogP contribution < -0.4 is 4.90 Å². The highest BCUT2D eigenvalue weighted by atomic mass is 19.1. The molecule has 2 heterocycles. The molecular weight excluding hydrogens is 193 g/mol. The summed E-state index contributed by atoms with van der Waals surface area (Å²) in [5.74, 6) is 0.717. The van der Waals surface area contributed by atoms with Gasteiger partial charge in [0.2, 0.25) is 0 Å². The Labute approximate surface area is 88.2 Å². The monoisotopic (exact) mass is 205 g/mol. The van der Waals surface area contributed by atoms with Gasteiger partial charge in [0.25, 0.3) is 0 Å². The molecule has 1 aromatic rings. The van der Waals surface area contributed by atoms with Gasteiger partial charge < -0.3 is 4.90 Å². The predicted molar refractivity (Wildman–Crippen MR) is 55.3 cm³/mol. The highest BCUT2D eigenvalue weighted by Crippen LogP contribution is 2.23. The Hall–Kier alpha value is -1.63. The van der Waals surface area contributed by atoms with E-state index >= 15 is 0 Å². The maximum atomic E-state index is 12.7. The van der Waals surface area contributed by atoms with Crippen LogP contribution in [0.3, 0.4) is 0 Å². The van der Waals surface area contributed by atoms with Crippen molar-refractivity contribution in [1.82, 2.24) is 4.98 Å². The fourth-order valence-electron chi connectivity index (χ4n) is 1.94. The van der Waals surface area contributed by atoms with Crippen molar-refractivity contribution in [2.75, 3.05) is 18.1 Å². The van der Waals surface area contributed by atoms with Gasteiger partial charge in [-0.2, -0.15) is 5.26 Å². The molecule has 15 heavy (non-hydrogen) atoms. The normalized spacial score (nSPS) is 20.3. The maximum absolute atomic E-state index is 12.7. The van der Waals surface area contributed by atoms with Crippen molar-refractivity contribution in [1.29, 1.82) is 5.26 Å². The summed E-state index contributed by atoms with van der Waals surface area (Å²) in [6.45, 7) is 0.481. The molecule has 0 saturated carbocycles. The molecule has 1 fully saturated rings. The van der Waals surface area contributed by atoms with Crippen molar-refractivity contribution < 1.29 is 4.39 Å². The van der Waals surface area contributed by atoms with Gasteiger partial charge in [-0.3, -0.25) is 0 Å². The molecule has 4 heteroatoms. The molecule has 1 saturated heterocycles. The molecule has 78 valence electrons. The Kier molecular flexibility index (Phi) is 2.82. The molecule has 1 aromatic heterocycles. The van der Waals surface area contributed by atoms with Crippen LogP contribution in [0.4, 0.5) is 10.2 Å². The number of rotatable bonds is 2. The number of aromatic nitrogens is 1. The van der Waals surface area contributed by atoms with Crippen molar-refractivity contribution in [3.8, 4) is 6.07 Å². The number of hydrogen-bond donors (Lipinski definition) is 0. The van der Waals surface area contributed by atoms with E-state index in [0.29, 0.717) is 11.5 Å². The van der Waals surface area contributed by atoms with E-state index in [-0.39, 0.29) is 12.7 Å². The first kappa shape index (κ1) is 9.91. The number of pyridine rings is 1. The molecule has 1 aliphatic rings. The summed E-state index contributed by atoms with van der Waals surface area (Å²) in [7, 11) is 0. The van der Waals surface area contributed by atoms with Crippen molar-refractivity contribution in [3.63, 3.8) is 0 Å². The second-order valence-electron chi connectivity index (χ2n) is 3.64. The van der Waals surface area contributed by atoms with Crippen molar-refractivity contribution in [3.05, 3.63) is 23.9 Å². The van der Waals surface area contributed by atoms with Gasteiger partial charge in [-0.1, -0.05) is 6.07 Å². The minimum atomic E-state index is -0.349. The van der Waals surface area contributed by atoms with Crippen LogP contribution in [-0.4, -0.2) is 24.2 Å². The zero-order valence-electron chi connectivity index (χ0n) is 8.36. The Morgan fingerprint density at radius 3 is 3.20 bits per heavy atom. The molecule has 1 atom stereocenters. The molecule has 0 N–H and O–H groups in total. The summed E-state index contributed by atoms with van der Waals surface area (Å²) in [6.07, 6.45) is 1.86. The summed E-state index contributed by atoms with van der Waals surface area (Å²) in [6, 6.07) is 7.20. The Balaban J connectivity index is 2.25. The number of nitriles is 1. The Morgan fingerprint density at radius 1 is 1.60 bits per heavy atom. The lowest BCUT2D eigenvalue weighted by Crippen LogP contribution is -2.31. The molecule has 0 aromatic carbocycles. The average Bonchev–Trinajstić information content (AvgIpc) is 2.77. The largest absolute Gasteiger partial charge is 0.351 e. The third-order valence-corrected chi connectivity index (χ3v) is 2.70. The second-order valence-corrected chi connectivity index (χ2v) is 3.64. The van der Waals surface area contributed by atoms with Gasteiger partial charge in [0.1, 0.15) is 24.3 Å². The van der Waals surface area contributed by atoms with Crippen LogP contribution in [0.25, 0.3) is 0 Å². The molecular formula is C11H12FN3. The first-order chi connectivity index (χ1) is 7.35. The highest BCUT2D eigenvalue weighted by Gasteiger charge is 2.25. The molecule has 3 nitrogen and oxygen atoms in total. The van der Waals surface area contributed by atoms with Crippen LogP contribution >= 0.6 is 0 Å². The number of alkyl halides is 1. The van der Waals surface area contributed by atoms with Crippen molar-refractivity contribution >= 4 is 5.82 Å². The lowest BCUT2D eigenvalue weighted by atomic mass is 10.2.